The molecule has 0 amide bonds. The molecule has 0 radical (unpaired) electrons. The number of nitrogens with zero attached hydrogens (tertiary/aromatic N) is 1. The normalized spacial score (nSPS) is 21.6. The molecule has 19 heavy (non-hydrogen) atoms. The molecular formula is C15H22ClNO2. The third-order valence-electron chi connectivity index (χ3n) is 3.51. The van der Waals surface area contributed by atoms with Crippen LogP contribution in [0.4, 0.5) is 0 Å². The Labute approximate surface area is 120 Å². The van der Waals surface area contributed by atoms with Gasteiger partial charge in [0.2, 0.25) is 0 Å². The summed E-state index contributed by atoms with van der Waals surface area (Å²) < 4.78 is 5.71. The molecule has 2 atom stereocenters. The van der Waals surface area contributed by atoms with Crippen LogP contribution in [-0.2, 0) is 4.74 Å². The van der Waals surface area contributed by atoms with Gasteiger partial charge in [0.05, 0.1) is 12.2 Å². The van der Waals surface area contributed by atoms with Gasteiger partial charge in [0.25, 0.3) is 0 Å². The van der Waals surface area contributed by atoms with Gasteiger partial charge in [-0.2, -0.15) is 0 Å². The second kappa shape index (κ2) is 7.25. The van der Waals surface area contributed by atoms with Crippen LogP contribution < -0.4 is 0 Å². The summed E-state index contributed by atoms with van der Waals surface area (Å²) in [6.07, 6.45) is 3.34. The Balaban J connectivity index is 1.82. The smallest absolute Gasteiger partial charge is 0.0917 e. The number of likely N-dealkylation sites (N-methyl/N-ethyl adjacent to an activating group) is 1. The van der Waals surface area contributed by atoms with Gasteiger partial charge in [-0.15, -0.1) is 0 Å². The first kappa shape index (κ1) is 14.8. The van der Waals surface area contributed by atoms with Crippen molar-refractivity contribution in [3.8, 4) is 0 Å². The van der Waals surface area contributed by atoms with Crippen LogP contribution in [0.15, 0.2) is 24.3 Å². The maximum atomic E-state index is 10.2. The summed E-state index contributed by atoms with van der Waals surface area (Å²) >= 11 is 5.94. The summed E-state index contributed by atoms with van der Waals surface area (Å²) in [5.74, 6) is 0. The predicted octanol–water partition coefficient (Wildman–Crippen LogP) is 2.87. The minimum Gasteiger partial charge on any atom is -0.387 e. The molecule has 106 valence electrons. The molecule has 2 unspecified atom stereocenters. The number of hydrogen-bond acceptors (Lipinski definition) is 3. The first-order valence-corrected chi connectivity index (χ1v) is 7.26. The highest BCUT2D eigenvalue weighted by atomic mass is 35.5. The Hall–Kier alpha value is -0.610. The molecule has 1 N–H and O–H groups in total. The standard InChI is InChI=1S/C15H22ClNO2/c1-17(10-14-7-2-3-8-19-14)11-15(18)12-5-4-6-13(16)9-12/h4-6,9,14-15,18H,2-3,7-8,10-11H2,1H3. The van der Waals surface area contributed by atoms with Crippen molar-refractivity contribution in [1.82, 2.24) is 4.90 Å². The van der Waals surface area contributed by atoms with Gasteiger partial charge in [-0.3, -0.25) is 0 Å². The summed E-state index contributed by atoms with van der Waals surface area (Å²) in [5, 5.41) is 10.9. The number of aliphatic hydroxyl groups is 1. The number of hydrogen-bond donors (Lipinski definition) is 1. The fraction of sp³-hybridized carbons (Fsp3) is 0.600. The van der Waals surface area contributed by atoms with Gasteiger partial charge in [0.1, 0.15) is 0 Å². The van der Waals surface area contributed by atoms with Crippen molar-refractivity contribution in [3.05, 3.63) is 34.9 Å². The molecule has 0 bridgehead atoms. The van der Waals surface area contributed by atoms with Crippen molar-refractivity contribution >= 4 is 11.6 Å². The number of ether oxygens (including phenoxy) is 1. The van der Waals surface area contributed by atoms with E-state index in [1.807, 2.05) is 31.3 Å². The lowest BCUT2D eigenvalue weighted by molar-refractivity contribution is -0.00795. The van der Waals surface area contributed by atoms with E-state index < -0.39 is 6.10 Å². The van der Waals surface area contributed by atoms with Gasteiger partial charge in [-0.25, -0.2) is 0 Å². The van der Waals surface area contributed by atoms with Crippen molar-refractivity contribution in [2.45, 2.75) is 31.5 Å². The molecule has 2 rings (SSSR count). The van der Waals surface area contributed by atoms with Crippen LogP contribution in [0.3, 0.4) is 0 Å². The summed E-state index contributed by atoms with van der Waals surface area (Å²) in [6, 6.07) is 7.40. The van der Waals surface area contributed by atoms with Crippen LogP contribution in [0.2, 0.25) is 5.02 Å². The molecule has 1 aromatic carbocycles. The minimum absolute atomic E-state index is 0.310. The van der Waals surface area contributed by atoms with E-state index >= 15 is 0 Å². The van der Waals surface area contributed by atoms with E-state index in [1.54, 1.807) is 0 Å². The highest BCUT2D eigenvalue weighted by Crippen LogP contribution is 2.19. The summed E-state index contributed by atoms with van der Waals surface area (Å²) in [5.41, 5.74) is 0.865. The molecule has 0 saturated carbocycles. The van der Waals surface area contributed by atoms with E-state index in [-0.39, 0.29) is 0 Å². The highest BCUT2D eigenvalue weighted by molar-refractivity contribution is 6.30. The predicted molar refractivity (Wildman–Crippen MR) is 77.5 cm³/mol. The van der Waals surface area contributed by atoms with Crippen LogP contribution in [0.5, 0.6) is 0 Å². The molecule has 0 aromatic heterocycles. The zero-order chi connectivity index (χ0) is 13.7. The van der Waals surface area contributed by atoms with E-state index in [4.69, 9.17) is 16.3 Å². The Bertz CT molecular complexity index is 393. The quantitative estimate of drug-likeness (QED) is 0.902. The van der Waals surface area contributed by atoms with Crippen LogP contribution >= 0.6 is 11.6 Å². The number of rotatable bonds is 5. The van der Waals surface area contributed by atoms with Crippen molar-refractivity contribution in [2.75, 3.05) is 26.7 Å². The average molecular weight is 284 g/mol. The second-order valence-electron chi connectivity index (χ2n) is 5.28. The fourth-order valence-electron chi connectivity index (χ4n) is 2.49. The molecular weight excluding hydrogens is 262 g/mol. The molecule has 1 heterocycles. The lowest BCUT2D eigenvalue weighted by Crippen LogP contribution is -2.35. The van der Waals surface area contributed by atoms with Crippen molar-refractivity contribution < 1.29 is 9.84 Å². The fourth-order valence-corrected chi connectivity index (χ4v) is 2.69. The minimum atomic E-state index is -0.507. The van der Waals surface area contributed by atoms with E-state index in [9.17, 15) is 5.11 Å². The van der Waals surface area contributed by atoms with E-state index in [1.165, 1.54) is 12.8 Å². The van der Waals surface area contributed by atoms with E-state index in [0.29, 0.717) is 17.7 Å². The topological polar surface area (TPSA) is 32.7 Å². The highest BCUT2D eigenvalue weighted by Gasteiger charge is 2.18. The molecule has 1 aliphatic heterocycles. The van der Waals surface area contributed by atoms with Crippen molar-refractivity contribution in [1.29, 1.82) is 0 Å². The maximum absolute atomic E-state index is 10.2. The van der Waals surface area contributed by atoms with Crippen molar-refractivity contribution in [2.24, 2.45) is 0 Å². The SMILES string of the molecule is CN(CC1CCCCO1)CC(O)c1cccc(Cl)c1. The van der Waals surface area contributed by atoms with Crippen LogP contribution in [0.25, 0.3) is 0 Å². The molecule has 3 nitrogen and oxygen atoms in total. The summed E-state index contributed by atoms with van der Waals surface area (Å²) in [6.45, 7) is 2.34. The van der Waals surface area contributed by atoms with E-state index in [2.05, 4.69) is 4.90 Å². The zero-order valence-corrected chi connectivity index (χ0v) is 12.1. The molecule has 1 fully saturated rings. The number of halogens is 1. The zero-order valence-electron chi connectivity index (χ0n) is 11.4. The molecule has 1 aliphatic rings. The lowest BCUT2D eigenvalue weighted by Gasteiger charge is -2.28. The maximum Gasteiger partial charge on any atom is 0.0917 e. The van der Waals surface area contributed by atoms with Gasteiger partial charge in [-0.05, 0) is 44.0 Å². The van der Waals surface area contributed by atoms with Gasteiger partial charge < -0.3 is 14.7 Å². The van der Waals surface area contributed by atoms with Crippen LogP contribution in [0, 0.1) is 0 Å². The first-order chi connectivity index (χ1) is 9.15. The molecule has 1 saturated heterocycles. The van der Waals surface area contributed by atoms with Crippen molar-refractivity contribution in [3.63, 3.8) is 0 Å². The van der Waals surface area contributed by atoms with Gasteiger partial charge >= 0.3 is 0 Å². The Morgan fingerprint density at radius 3 is 3.00 bits per heavy atom. The van der Waals surface area contributed by atoms with Gasteiger partial charge in [0, 0.05) is 24.7 Å². The summed E-state index contributed by atoms with van der Waals surface area (Å²) in [4.78, 5) is 2.13. The lowest BCUT2D eigenvalue weighted by atomic mass is 10.1. The summed E-state index contributed by atoms with van der Waals surface area (Å²) in [7, 11) is 2.02. The third-order valence-corrected chi connectivity index (χ3v) is 3.74. The average Bonchev–Trinajstić information content (AvgIpc) is 2.39. The largest absolute Gasteiger partial charge is 0.387 e. The van der Waals surface area contributed by atoms with Crippen LogP contribution in [-0.4, -0.2) is 42.9 Å². The molecule has 4 heteroatoms. The van der Waals surface area contributed by atoms with E-state index in [0.717, 1.165) is 25.1 Å². The molecule has 1 aromatic rings. The number of aliphatic hydroxyl groups excluding tert-OH is 1. The Morgan fingerprint density at radius 2 is 2.32 bits per heavy atom. The van der Waals surface area contributed by atoms with Gasteiger partial charge in [0.15, 0.2) is 0 Å². The Morgan fingerprint density at radius 1 is 1.47 bits per heavy atom. The van der Waals surface area contributed by atoms with Crippen LogP contribution in [0.1, 0.15) is 30.9 Å². The first-order valence-electron chi connectivity index (χ1n) is 6.89. The Kier molecular flexibility index (Phi) is 5.64. The number of benzene rings is 1. The molecule has 0 aliphatic carbocycles. The monoisotopic (exact) mass is 283 g/mol. The van der Waals surface area contributed by atoms with Gasteiger partial charge in [-0.1, -0.05) is 23.7 Å². The second-order valence-corrected chi connectivity index (χ2v) is 5.72. The molecule has 0 spiro atoms. The third kappa shape index (κ3) is 4.77.